The highest BCUT2D eigenvalue weighted by Gasteiger charge is 2.26. The molecule has 11 rings (SSSR count). The van der Waals surface area contributed by atoms with Crippen molar-refractivity contribution in [2.75, 3.05) is 85.8 Å². The SMILES string of the molecule is CNC(=O)c1cc2cccc(OC[C@@H](O)CN3CCC(c4ccc5ccccc5c4)CC3)c2o1.O=C(c1cc2cccc(OC[C@@H](O)CN3CCC(c4ccc5ccccc5c4)CC3)c2o1)N1CCOCC1. The Morgan fingerprint density at radius 3 is 1.49 bits per heavy atom. The second kappa shape index (κ2) is 22.8. The molecule has 3 aliphatic heterocycles. The second-order valence-electron chi connectivity index (χ2n) is 19.3. The maximum absolute atomic E-state index is 12.8. The highest BCUT2D eigenvalue weighted by atomic mass is 16.5. The number of hydrogen-bond donors (Lipinski definition) is 3. The maximum Gasteiger partial charge on any atom is 0.289 e. The van der Waals surface area contributed by atoms with E-state index in [-0.39, 0.29) is 30.8 Å². The van der Waals surface area contributed by atoms with Gasteiger partial charge in [0.1, 0.15) is 25.4 Å². The number of para-hydroxylation sites is 2. The highest BCUT2D eigenvalue weighted by molar-refractivity contribution is 5.98. The lowest BCUT2D eigenvalue weighted by atomic mass is 9.88. The zero-order valence-electron chi connectivity index (χ0n) is 40.9. The van der Waals surface area contributed by atoms with Crippen LogP contribution in [0.3, 0.4) is 0 Å². The van der Waals surface area contributed by atoms with E-state index in [1.165, 1.54) is 32.7 Å². The Balaban J connectivity index is 0.000000167. The Kier molecular flexibility index (Phi) is 15.5. The summed E-state index contributed by atoms with van der Waals surface area (Å²) >= 11 is 0. The van der Waals surface area contributed by atoms with Crippen LogP contribution >= 0.6 is 0 Å². The third-order valence-electron chi connectivity index (χ3n) is 14.4. The summed E-state index contributed by atoms with van der Waals surface area (Å²) in [7, 11) is 1.56. The molecule has 0 aliphatic carbocycles. The van der Waals surface area contributed by atoms with Crippen LogP contribution in [-0.2, 0) is 4.74 Å². The molecule has 2 amide bonds. The summed E-state index contributed by atoms with van der Waals surface area (Å²) in [6, 6.07) is 45.2. The van der Waals surface area contributed by atoms with E-state index in [0.717, 1.165) is 62.6 Å². The number of piperidine rings is 2. The first-order valence-corrected chi connectivity index (χ1v) is 25.4. The molecule has 0 saturated carbocycles. The number of ether oxygens (including phenoxy) is 3. The number of hydrogen-bond acceptors (Lipinski definition) is 11. The van der Waals surface area contributed by atoms with Crippen LogP contribution in [0, 0.1) is 0 Å². The number of nitrogens with zero attached hydrogens (tertiary/aromatic N) is 3. The van der Waals surface area contributed by atoms with Gasteiger partial charge in [-0.15, -0.1) is 0 Å². The van der Waals surface area contributed by atoms with Crippen molar-refractivity contribution in [2.45, 2.75) is 49.7 Å². The molecular formula is C59H64N4O9. The standard InChI is InChI=1S/C31H34N2O5.C28H30N2O4/c34-27(20-32-12-10-23(11-13-32)25-9-8-22-4-1-2-5-24(22)18-25)21-37-28-7-3-6-26-19-29(38-30(26)28)31(35)33-14-16-36-17-15-33;1-29-28(32)26-16-23-7-4-8-25(27(23)34-26)33-18-24(31)17-30-13-11-20(12-14-30)22-10-9-19-5-2-3-6-21(19)15-22/h1-9,18-19,23,27,34H,10-17,20-21H2;2-10,15-16,20,24,31H,11-14,17-18H2,1H3,(H,29,32)/t27-;24-/m00/s1. The molecule has 3 saturated heterocycles. The van der Waals surface area contributed by atoms with Gasteiger partial charge in [0.05, 0.1) is 13.2 Å². The Bertz CT molecular complexity index is 3110. The van der Waals surface area contributed by atoms with Crippen LogP contribution in [-0.4, -0.2) is 135 Å². The van der Waals surface area contributed by atoms with E-state index >= 15 is 0 Å². The van der Waals surface area contributed by atoms with Crippen molar-refractivity contribution < 1.29 is 42.8 Å². The average Bonchev–Trinajstić information content (AvgIpc) is 4.08. The van der Waals surface area contributed by atoms with E-state index in [2.05, 4.69) is 100 Å². The largest absolute Gasteiger partial charge is 0.487 e. The summed E-state index contributed by atoms with van der Waals surface area (Å²) in [5, 5.41) is 30.6. The molecule has 0 radical (unpaired) electrons. The van der Waals surface area contributed by atoms with Gasteiger partial charge in [0.25, 0.3) is 11.8 Å². The van der Waals surface area contributed by atoms with Gasteiger partial charge < -0.3 is 53.3 Å². The third kappa shape index (κ3) is 11.6. The van der Waals surface area contributed by atoms with E-state index in [4.69, 9.17) is 23.0 Å². The number of benzene rings is 6. The van der Waals surface area contributed by atoms with E-state index in [1.54, 1.807) is 30.1 Å². The van der Waals surface area contributed by atoms with Crippen LogP contribution in [0.25, 0.3) is 43.5 Å². The number of aliphatic hydroxyl groups is 2. The molecule has 72 heavy (non-hydrogen) atoms. The molecule has 0 spiro atoms. The van der Waals surface area contributed by atoms with Gasteiger partial charge in [0.15, 0.2) is 34.2 Å². The van der Waals surface area contributed by atoms with Gasteiger partial charge in [0.2, 0.25) is 0 Å². The first kappa shape index (κ1) is 48.9. The summed E-state index contributed by atoms with van der Waals surface area (Å²) in [5.41, 5.74) is 3.87. The van der Waals surface area contributed by atoms with E-state index in [0.29, 0.717) is 79.7 Å². The van der Waals surface area contributed by atoms with Crippen LogP contribution in [0.1, 0.15) is 69.8 Å². The predicted octanol–water partition coefficient (Wildman–Crippen LogP) is 9.24. The van der Waals surface area contributed by atoms with Crippen LogP contribution in [0.5, 0.6) is 11.5 Å². The predicted molar refractivity (Wildman–Crippen MR) is 280 cm³/mol. The van der Waals surface area contributed by atoms with Crippen molar-refractivity contribution in [2.24, 2.45) is 0 Å². The summed E-state index contributed by atoms with van der Waals surface area (Å²) in [5.74, 6) is 2.29. The van der Waals surface area contributed by atoms with Crippen LogP contribution < -0.4 is 14.8 Å². The van der Waals surface area contributed by atoms with E-state index < -0.39 is 12.2 Å². The number of nitrogens with one attached hydrogen (secondary N) is 1. The number of aliphatic hydroxyl groups excluding tert-OH is 2. The molecule has 13 heteroatoms. The quantitative estimate of drug-likeness (QED) is 0.0958. The van der Waals surface area contributed by atoms with Gasteiger partial charge in [-0.3, -0.25) is 9.59 Å². The molecule has 2 atom stereocenters. The van der Waals surface area contributed by atoms with Gasteiger partial charge in [-0.25, -0.2) is 0 Å². The second-order valence-corrected chi connectivity index (χ2v) is 19.3. The summed E-state index contributed by atoms with van der Waals surface area (Å²) < 4.78 is 28.8. The molecule has 5 heterocycles. The van der Waals surface area contributed by atoms with Crippen molar-refractivity contribution in [3.05, 3.63) is 156 Å². The molecule has 374 valence electrons. The number of morpholine rings is 1. The summed E-state index contributed by atoms with van der Waals surface area (Å²) in [6.07, 6.45) is 3.10. The van der Waals surface area contributed by atoms with Crippen molar-refractivity contribution in [1.29, 1.82) is 0 Å². The summed E-state index contributed by atoms with van der Waals surface area (Å²) in [6.45, 7) is 7.49. The number of carbonyl (C=O) groups excluding carboxylic acids is 2. The van der Waals surface area contributed by atoms with Crippen molar-refractivity contribution in [1.82, 2.24) is 20.0 Å². The number of fused-ring (bicyclic) bond motifs is 4. The molecule has 3 N–H and O–H groups in total. The Morgan fingerprint density at radius 1 is 0.556 bits per heavy atom. The number of β-amino-alcohol motifs (C(OH)–C–C–N with tert-alkyl or cyclic N) is 2. The number of carbonyl (C=O) groups is 2. The van der Waals surface area contributed by atoms with Crippen molar-refractivity contribution in [3.8, 4) is 11.5 Å². The number of likely N-dealkylation sites (tertiary alicyclic amines) is 2. The van der Waals surface area contributed by atoms with Crippen molar-refractivity contribution >= 4 is 55.3 Å². The van der Waals surface area contributed by atoms with Gasteiger partial charge in [-0.1, -0.05) is 109 Å². The normalized spacial score (nSPS) is 17.2. The third-order valence-corrected chi connectivity index (χ3v) is 14.4. The maximum atomic E-state index is 12.8. The molecule has 8 aromatic rings. The number of amides is 2. The van der Waals surface area contributed by atoms with Crippen LogP contribution in [0.4, 0.5) is 0 Å². The minimum atomic E-state index is -0.619. The summed E-state index contributed by atoms with van der Waals surface area (Å²) in [4.78, 5) is 31.1. The Labute approximate surface area is 419 Å². The van der Waals surface area contributed by atoms with Gasteiger partial charge in [-0.2, -0.15) is 0 Å². The highest BCUT2D eigenvalue weighted by Crippen LogP contribution is 2.34. The van der Waals surface area contributed by atoms with E-state index in [1.807, 2.05) is 30.3 Å². The topological polar surface area (TPSA) is 150 Å². The molecule has 2 aromatic heterocycles. The fourth-order valence-electron chi connectivity index (χ4n) is 10.5. The van der Waals surface area contributed by atoms with Crippen LogP contribution in [0.15, 0.2) is 142 Å². The number of rotatable bonds is 14. The molecule has 0 bridgehead atoms. The fourth-order valence-corrected chi connectivity index (χ4v) is 10.5. The smallest absolute Gasteiger partial charge is 0.289 e. The minimum absolute atomic E-state index is 0.137. The van der Waals surface area contributed by atoms with E-state index in [9.17, 15) is 19.8 Å². The first-order chi connectivity index (χ1) is 35.2. The minimum Gasteiger partial charge on any atom is -0.487 e. The lowest BCUT2D eigenvalue weighted by Gasteiger charge is -2.33. The van der Waals surface area contributed by atoms with Gasteiger partial charge >= 0.3 is 0 Å². The lowest BCUT2D eigenvalue weighted by molar-refractivity contribution is 0.0284. The Hall–Kier alpha value is -6.74. The monoisotopic (exact) mass is 972 g/mol. The zero-order chi connectivity index (χ0) is 49.4. The molecule has 6 aromatic carbocycles. The van der Waals surface area contributed by atoms with Gasteiger partial charge in [-0.05, 0) is 121 Å². The number of furan rings is 2. The Morgan fingerprint density at radius 2 is 1.00 bits per heavy atom. The molecule has 13 nitrogen and oxygen atoms in total. The molecular weight excluding hydrogens is 909 g/mol. The molecule has 3 aliphatic rings. The lowest BCUT2D eigenvalue weighted by Crippen LogP contribution is -2.40. The molecule has 3 fully saturated rings. The molecule has 0 unspecified atom stereocenters. The average molecular weight is 973 g/mol. The van der Waals surface area contributed by atoms with Crippen LogP contribution in [0.2, 0.25) is 0 Å². The zero-order valence-corrected chi connectivity index (χ0v) is 40.9. The first-order valence-electron chi connectivity index (χ1n) is 25.4. The van der Waals surface area contributed by atoms with Crippen molar-refractivity contribution in [3.63, 3.8) is 0 Å². The fraction of sp³-hybridized carbons (Fsp3) is 0.356. The van der Waals surface area contributed by atoms with Gasteiger partial charge in [0, 0.05) is 44.0 Å².